The van der Waals surface area contributed by atoms with Crippen LogP contribution in [0.15, 0.2) is 48.5 Å². The molecule has 2 rings (SSSR count). The predicted octanol–water partition coefficient (Wildman–Crippen LogP) is 10.6. The van der Waals surface area contributed by atoms with Crippen molar-refractivity contribution in [1.29, 1.82) is 0 Å². The van der Waals surface area contributed by atoms with E-state index in [0.717, 1.165) is 74.4 Å². The zero-order chi connectivity index (χ0) is 36.1. The molecule has 12 heteroatoms. The molecule has 0 bridgehead atoms. The molecule has 50 heavy (non-hydrogen) atoms. The number of hydrogen-bond donors (Lipinski definition) is 1. The Morgan fingerprint density at radius 2 is 0.920 bits per heavy atom. The zero-order valence-corrected chi connectivity index (χ0v) is 32.8. The van der Waals surface area contributed by atoms with Gasteiger partial charge in [-0.1, -0.05) is 89.9 Å². The Bertz CT molecular complexity index is 1130. The Hall–Kier alpha value is -2.14. The van der Waals surface area contributed by atoms with Crippen LogP contribution in [0.3, 0.4) is 0 Å². The molecule has 0 aromatic heterocycles. The van der Waals surface area contributed by atoms with Crippen molar-refractivity contribution in [2.75, 3.05) is 40.6 Å². The van der Waals surface area contributed by atoms with Crippen LogP contribution in [0, 0.1) is 0 Å². The van der Waals surface area contributed by atoms with Crippen LogP contribution in [-0.2, 0) is 30.3 Å². The van der Waals surface area contributed by atoms with E-state index < -0.39 is 5.69 Å². The molecule has 2 aromatic rings. The average molecular weight is 754 g/mol. The lowest BCUT2D eigenvalue weighted by Crippen LogP contribution is -2.01. The first kappa shape index (κ1) is 44.0. The fourth-order valence-electron chi connectivity index (χ4n) is 5.32. The summed E-state index contributed by atoms with van der Waals surface area (Å²) in [6.07, 6.45) is 21.0. The molecule has 2 aromatic carbocycles. The molecule has 0 saturated carbocycles. The molecule has 0 aliphatic carbocycles. The van der Waals surface area contributed by atoms with E-state index in [9.17, 15) is 9.59 Å². The quantitative estimate of drug-likeness (QED) is 0.0260. The van der Waals surface area contributed by atoms with Crippen molar-refractivity contribution in [3.63, 3.8) is 0 Å². The molecule has 0 aliphatic rings. The number of rotatable bonds is 31. The van der Waals surface area contributed by atoms with E-state index >= 15 is 0 Å². The molecular weight excluding hydrogens is 694 g/mol. The SMILES string of the molecule is COC(=O)c1ccc(OCCCCCCCCCCCOP(=S)(OCCCCCCCCCCCOc2ccc(C(=[O+])OC)cc2)SN)cc1. The largest absolute Gasteiger partial charge is 0.607 e. The van der Waals surface area contributed by atoms with Crippen molar-refractivity contribution in [3.8, 4) is 11.5 Å². The first-order valence-electron chi connectivity index (χ1n) is 18.3. The van der Waals surface area contributed by atoms with Crippen LogP contribution >= 0.6 is 17.3 Å². The summed E-state index contributed by atoms with van der Waals surface area (Å²) in [6, 6.07) is 14.1. The zero-order valence-electron chi connectivity index (χ0n) is 30.3. The van der Waals surface area contributed by atoms with Gasteiger partial charge in [0.05, 0.1) is 43.9 Å². The molecule has 0 unspecified atom stereocenters. The summed E-state index contributed by atoms with van der Waals surface area (Å²) in [5.74, 6) is 0.887. The molecule has 0 fully saturated rings. The normalized spacial score (nSPS) is 12.3. The van der Waals surface area contributed by atoms with Crippen molar-refractivity contribution in [2.45, 2.75) is 116 Å². The summed E-state index contributed by atoms with van der Waals surface area (Å²) in [5, 5.41) is 5.85. The average Bonchev–Trinajstić information content (AvgIpc) is 3.15. The van der Waals surface area contributed by atoms with Gasteiger partial charge in [0.15, 0.2) is 7.11 Å². The highest BCUT2D eigenvalue weighted by Gasteiger charge is 2.18. The maximum absolute atomic E-state index is 11.5. The van der Waals surface area contributed by atoms with Gasteiger partial charge in [-0.3, -0.25) is 5.14 Å². The van der Waals surface area contributed by atoms with Crippen LogP contribution in [0.5, 0.6) is 11.5 Å². The number of esters is 2. The molecule has 1 radical (unpaired) electrons. The fraction of sp³-hybridized carbons (Fsp3) is 0.632. The Balaban J connectivity index is 1.32. The first-order valence-corrected chi connectivity index (χ1v) is 22.4. The summed E-state index contributed by atoms with van der Waals surface area (Å²) in [5.41, 5.74) is -1.39. The second kappa shape index (κ2) is 28.4. The maximum Gasteiger partial charge on any atom is 0.607 e. The number of unbranched alkanes of at least 4 members (excludes halogenated alkanes) is 16. The summed E-state index contributed by atoms with van der Waals surface area (Å²) in [7, 11) is 2.76. The van der Waals surface area contributed by atoms with Crippen LogP contribution in [0.1, 0.15) is 136 Å². The summed E-state index contributed by atoms with van der Waals surface area (Å²) >= 11 is 6.68. The highest BCUT2D eigenvalue weighted by Crippen LogP contribution is 2.58. The van der Waals surface area contributed by atoms with E-state index in [1.54, 1.807) is 24.3 Å². The van der Waals surface area contributed by atoms with Crippen LogP contribution < -0.4 is 14.6 Å². The van der Waals surface area contributed by atoms with Gasteiger partial charge in [-0.25, -0.2) is 4.79 Å². The van der Waals surface area contributed by atoms with Crippen molar-refractivity contribution in [2.24, 2.45) is 5.14 Å². The van der Waals surface area contributed by atoms with Crippen molar-refractivity contribution in [1.82, 2.24) is 0 Å². The van der Waals surface area contributed by atoms with Gasteiger partial charge < -0.3 is 28.0 Å². The fourth-order valence-corrected chi connectivity index (χ4v) is 7.49. The van der Waals surface area contributed by atoms with Gasteiger partial charge >= 0.3 is 11.9 Å². The van der Waals surface area contributed by atoms with Gasteiger partial charge in [0, 0.05) is 11.6 Å². The van der Waals surface area contributed by atoms with Crippen molar-refractivity contribution >= 4 is 41.0 Å². The van der Waals surface area contributed by atoms with Crippen LogP contribution in [0.25, 0.3) is 0 Å². The lowest BCUT2D eigenvalue weighted by atomic mass is 10.1. The third-order valence-electron chi connectivity index (χ3n) is 8.29. The van der Waals surface area contributed by atoms with E-state index in [0.29, 0.717) is 37.6 Å². The minimum Gasteiger partial charge on any atom is -0.494 e. The van der Waals surface area contributed by atoms with Crippen molar-refractivity contribution in [3.05, 3.63) is 59.7 Å². The Kier molecular flexibility index (Phi) is 25.0. The second-order valence-electron chi connectivity index (χ2n) is 12.3. The number of methoxy groups -OCH3 is 2. The van der Waals surface area contributed by atoms with Gasteiger partial charge in [0.25, 0.3) is 5.69 Å². The number of carbonyl (C=O) groups is 2. The third kappa shape index (κ3) is 20.6. The van der Waals surface area contributed by atoms with E-state index in [2.05, 4.69) is 0 Å². The molecule has 9 nitrogen and oxygen atoms in total. The third-order valence-corrected chi connectivity index (χ3v) is 12.4. The Labute approximate surface area is 310 Å². The maximum atomic E-state index is 11.5. The number of ether oxygens (including phenoxy) is 4. The molecule has 0 aliphatic heterocycles. The van der Waals surface area contributed by atoms with Gasteiger partial charge in [0.2, 0.25) is 0 Å². The lowest BCUT2D eigenvalue weighted by molar-refractivity contribution is 0.0591. The minimum atomic E-state index is -2.44. The Morgan fingerprint density at radius 3 is 1.26 bits per heavy atom. The molecule has 0 heterocycles. The van der Waals surface area contributed by atoms with E-state index in [-0.39, 0.29) is 11.9 Å². The van der Waals surface area contributed by atoms with Crippen LogP contribution in [-0.4, -0.2) is 52.6 Å². The Morgan fingerprint density at radius 1 is 0.580 bits per heavy atom. The molecule has 0 amide bonds. The highest BCUT2D eigenvalue weighted by molar-refractivity contribution is 8.67. The van der Waals surface area contributed by atoms with E-state index in [4.69, 9.17) is 44.9 Å². The van der Waals surface area contributed by atoms with E-state index in [1.807, 2.05) is 24.3 Å². The van der Waals surface area contributed by atoms with Gasteiger partial charge in [-0.05, 0) is 86.0 Å². The van der Waals surface area contributed by atoms with E-state index in [1.165, 1.54) is 78.4 Å². The standard InChI is InChI=1S/C38H60NO8PS2/c1-42-37(40)33-21-25-35(26-22-33)44-29-17-13-9-5-3-7-11-15-19-31-46-48(49,50-39)47-32-20-16-12-8-4-6-10-14-18-30-45-36-27-23-34(24-28-36)38(41)43-2/h21-28H,3-20,29-32,39H2,1-2H3/q+1. The summed E-state index contributed by atoms with van der Waals surface area (Å²) < 4.78 is 32.8. The monoisotopic (exact) mass is 753 g/mol. The van der Waals surface area contributed by atoms with Gasteiger partial charge in [0.1, 0.15) is 17.1 Å². The predicted molar refractivity (Wildman–Crippen MR) is 208 cm³/mol. The molecule has 0 atom stereocenters. The smallest absolute Gasteiger partial charge is 0.494 e. The summed E-state index contributed by atoms with van der Waals surface area (Å²) in [4.78, 5) is 23.0. The summed E-state index contributed by atoms with van der Waals surface area (Å²) in [6.45, 7) is 2.61. The topological polar surface area (TPSA) is 118 Å². The highest BCUT2D eigenvalue weighted by atomic mass is 32.9. The van der Waals surface area contributed by atoms with Crippen LogP contribution in [0.4, 0.5) is 0 Å². The molecule has 281 valence electrons. The van der Waals surface area contributed by atoms with Crippen LogP contribution in [0.2, 0.25) is 0 Å². The second-order valence-corrected chi connectivity index (χ2v) is 18.1. The molecule has 0 spiro atoms. The lowest BCUT2D eigenvalue weighted by Gasteiger charge is -2.19. The number of benzene rings is 2. The molecule has 0 saturated heterocycles. The number of hydrogen-bond acceptors (Lipinski definition) is 11. The van der Waals surface area contributed by atoms with Gasteiger partial charge in [-0.2, -0.15) is 0 Å². The minimum absolute atomic E-state index is 0.336. The van der Waals surface area contributed by atoms with Crippen molar-refractivity contribution < 1.29 is 37.6 Å². The van der Waals surface area contributed by atoms with Gasteiger partial charge in [-0.15, -0.1) is 0 Å². The molecular formula is C38H60NO8PS2+. The first-order chi connectivity index (χ1) is 24.4. The number of nitrogens with two attached hydrogens (primary N) is 1. The molecule has 2 N–H and O–H groups in total. The number of carbonyl (C=O) groups excluding carboxylic acids is 2.